The molecule has 1 aromatic heterocycles. The predicted molar refractivity (Wildman–Crippen MR) is 90.9 cm³/mol. The fourth-order valence-corrected chi connectivity index (χ4v) is 3.66. The van der Waals surface area contributed by atoms with Gasteiger partial charge < -0.3 is 5.32 Å². The quantitative estimate of drug-likeness (QED) is 0.521. The van der Waals surface area contributed by atoms with Gasteiger partial charge in [0.05, 0.1) is 9.83 Å². The van der Waals surface area contributed by atoms with Gasteiger partial charge in [-0.2, -0.15) is 0 Å². The molecule has 0 aliphatic carbocycles. The summed E-state index contributed by atoms with van der Waals surface area (Å²) < 4.78 is 3.52. The van der Waals surface area contributed by atoms with Crippen LogP contribution in [0.4, 0.5) is 5.69 Å². The van der Waals surface area contributed by atoms with Crippen LogP contribution in [0, 0.1) is 3.57 Å². The van der Waals surface area contributed by atoms with Gasteiger partial charge in [-0.15, -0.1) is 11.3 Å². The summed E-state index contributed by atoms with van der Waals surface area (Å²) in [5, 5.41) is 3.50. The maximum atomic E-state index is 3.50. The first kappa shape index (κ1) is 13.8. The Morgan fingerprint density at radius 1 is 1.24 bits per heavy atom. The molecule has 0 fully saturated rings. The number of benzene rings is 1. The summed E-state index contributed by atoms with van der Waals surface area (Å²) >= 11 is 11.1. The standard InChI is InChI=1S/C12H10Br2INS/c1-7(11-4-5-12(14)17-11)16-8-2-3-9(13)10(15)6-8/h2-7,16H,1H3. The second-order valence-corrected chi connectivity index (χ2v) is 8.15. The third-order valence-corrected chi connectivity index (χ3v) is 6.46. The second kappa shape index (κ2) is 6.04. The van der Waals surface area contributed by atoms with Crippen molar-refractivity contribution in [2.24, 2.45) is 0 Å². The minimum Gasteiger partial charge on any atom is -0.378 e. The molecule has 17 heavy (non-hydrogen) atoms. The minimum atomic E-state index is 0.322. The van der Waals surface area contributed by atoms with E-state index in [1.807, 2.05) is 0 Å². The third kappa shape index (κ3) is 3.68. The summed E-state index contributed by atoms with van der Waals surface area (Å²) in [5.41, 5.74) is 1.15. The van der Waals surface area contributed by atoms with Crippen molar-refractivity contribution >= 4 is 71.5 Å². The Labute approximate surface area is 135 Å². The molecule has 1 unspecified atom stereocenters. The second-order valence-electron chi connectivity index (χ2n) is 3.64. The lowest BCUT2D eigenvalue weighted by atomic mass is 10.2. The lowest BCUT2D eigenvalue weighted by Crippen LogP contribution is -2.04. The summed E-state index contributed by atoms with van der Waals surface area (Å²) in [4.78, 5) is 1.33. The first-order valence-corrected chi connectivity index (χ1v) is 8.51. The van der Waals surface area contributed by atoms with E-state index in [0.717, 1.165) is 10.2 Å². The smallest absolute Gasteiger partial charge is 0.0702 e. The van der Waals surface area contributed by atoms with Gasteiger partial charge in [0.15, 0.2) is 0 Å². The summed E-state index contributed by atoms with van der Waals surface area (Å²) in [7, 11) is 0. The van der Waals surface area contributed by atoms with Gasteiger partial charge in [-0.1, -0.05) is 0 Å². The molecule has 0 aliphatic rings. The monoisotopic (exact) mass is 485 g/mol. The van der Waals surface area contributed by atoms with Crippen LogP contribution < -0.4 is 5.32 Å². The van der Waals surface area contributed by atoms with E-state index in [4.69, 9.17) is 0 Å². The molecule has 1 N–H and O–H groups in total. The Kier molecular flexibility index (Phi) is 4.91. The van der Waals surface area contributed by atoms with Crippen LogP contribution in [0.25, 0.3) is 0 Å². The highest BCUT2D eigenvalue weighted by molar-refractivity contribution is 14.1. The van der Waals surface area contributed by atoms with Gasteiger partial charge in [-0.3, -0.25) is 0 Å². The zero-order chi connectivity index (χ0) is 12.4. The largest absolute Gasteiger partial charge is 0.378 e. The van der Waals surface area contributed by atoms with Crippen LogP contribution in [-0.4, -0.2) is 0 Å². The van der Waals surface area contributed by atoms with Crippen molar-refractivity contribution in [1.29, 1.82) is 0 Å². The molecular formula is C12H10Br2INS. The van der Waals surface area contributed by atoms with Crippen molar-refractivity contribution < 1.29 is 0 Å². The van der Waals surface area contributed by atoms with E-state index in [9.17, 15) is 0 Å². The SMILES string of the molecule is CC(Nc1ccc(Br)c(I)c1)c1ccc(Br)s1. The van der Waals surface area contributed by atoms with Crippen LogP contribution in [0.15, 0.2) is 38.6 Å². The average molecular weight is 487 g/mol. The van der Waals surface area contributed by atoms with Crippen LogP contribution in [0.1, 0.15) is 17.8 Å². The topological polar surface area (TPSA) is 12.0 Å². The molecular weight excluding hydrogens is 477 g/mol. The van der Waals surface area contributed by atoms with Gasteiger partial charge in [0.1, 0.15) is 0 Å². The minimum absolute atomic E-state index is 0.322. The van der Waals surface area contributed by atoms with E-state index < -0.39 is 0 Å². The first-order valence-electron chi connectivity index (χ1n) is 5.03. The Bertz CT molecular complexity index is 527. The third-order valence-electron chi connectivity index (χ3n) is 2.32. The number of anilines is 1. The molecule has 0 saturated carbocycles. The molecule has 90 valence electrons. The number of hydrogen-bond acceptors (Lipinski definition) is 2. The van der Waals surface area contributed by atoms with Crippen molar-refractivity contribution in [3.8, 4) is 0 Å². The predicted octanol–water partition coefficient (Wildman–Crippen LogP) is 6.05. The number of thiophene rings is 1. The van der Waals surface area contributed by atoms with Crippen molar-refractivity contribution in [1.82, 2.24) is 0 Å². The van der Waals surface area contributed by atoms with Gasteiger partial charge in [-0.25, -0.2) is 0 Å². The van der Waals surface area contributed by atoms with Crippen LogP contribution in [0.3, 0.4) is 0 Å². The summed E-state index contributed by atoms with van der Waals surface area (Å²) in [6.45, 7) is 2.17. The summed E-state index contributed by atoms with van der Waals surface area (Å²) in [6.07, 6.45) is 0. The molecule has 0 saturated heterocycles. The fourth-order valence-electron chi connectivity index (χ4n) is 1.47. The zero-order valence-electron chi connectivity index (χ0n) is 9.01. The summed E-state index contributed by atoms with van der Waals surface area (Å²) in [6, 6.07) is 10.9. The number of hydrogen-bond donors (Lipinski definition) is 1. The number of rotatable bonds is 3. The van der Waals surface area contributed by atoms with Crippen molar-refractivity contribution in [2.75, 3.05) is 5.32 Å². The van der Waals surface area contributed by atoms with Crippen LogP contribution in [0.2, 0.25) is 0 Å². The molecule has 1 heterocycles. The lowest BCUT2D eigenvalue weighted by Gasteiger charge is -2.14. The maximum Gasteiger partial charge on any atom is 0.0702 e. The highest BCUT2D eigenvalue weighted by Gasteiger charge is 2.08. The summed E-state index contributed by atoms with van der Waals surface area (Å²) in [5.74, 6) is 0. The van der Waals surface area contributed by atoms with E-state index in [1.54, 1.807) is 11.3 Å². The van der Waals surface area contributed by atoms with Gasteiger partial charge in [0.2, 0.25) is 0 Å². The van der Waals surface area contributed by atoms with E-state index in [0.29, 0.717) is 6.04 Å². The molecule has 0 spiro atoms. The van der Waals surface area contributed by atoms with E-state index in [1.165, 1.54) is 12.2 Å². The van der Waals surface area contributed by atoms with E-state index in [2.05, 4.69) is 97.0 Å². The van der Waals surface area contributed by atoms with Gasteiger partial charge in [-0.05, 0) is 91.7 Å². The Balaban J connectivity index is 2.12. The first-order chi connectivity index (χ1) is 8.06. The van der Waals surface area contributed by atoms with E-state index in [-0.39, 0.29) is 0 Å². The average Bonchev–Trinajstić information content (AvgIpc) is 2.70. The molecule has 0 amide bonds. The molecule has 1 aromatic carbocycles. The van der Waals surface area contributed by atoms with Crippen molar-refractivity contribution in [3.63, 3.8) is 0 Å². The highest BCUT2D eigenvalue weighted by Crippen LogP contribution is 2.30. The highest BCUT2D eigenvalue weighted by atomic mass is 127. The van der Waals surface area contributed by atoms with Gasteiger partial charge >= 0.3 is 0 Å². The molecule has 2 rings (SSSR count). The zero-order valence-corrected chi connectivity index (χ0v) is 15.2. The Morgan fingerprint density at radius 3 is 2.59 bits per heavy atom. The van der Waals surface area contributed by atoms with Crippen molar-refractivity contribution in [3.05, 3.63) is 47.0 Å². The van der Waals surface area contributed by atoms with Gasteiger partial charge in [0, 0.05) is 18.6 Å². The Morgan fingerprint density at radius 2 is 2.00 bits per heavy atom. The fraction of sp³-hybridized carbons (Fsp3) is 0.167. The van der Waals surface area contributed by atoms with E-state index >= 15 is 0 Å². The Hall–Kier alpha value is 0.410. The van der Waals surface area contributed by atoms with Crippen LogP contribution >= 0.6 is 65.8 Å². The molecule has 5 heteroatoms. The molecule has 0 bridgehead atoms. The van der Waals surface area contributed by atoms with Crippen LogP contribution in [0.5, 0.6) is 0 Å². The number of halogens is 3. The molecule has 0 aliphatic heterocycles. The number of nitrogens with one attached hydrogen (secondary N) is 1. The molecule has 1 atom stereocenters. The molecule has 1 nitrogen and oxygen atoms in total. The van der Waals surface area contributed by atoms with Gasteiger partial charge in [0.25, 0.3) is 0 Å². The van der Waals surface area contributed by atoms with Crippen LogP contribution in [-0.2, 0) is 0 Å². The lowest BCUT2D eigenvalue weighted by molar-refractivity contribution is 0.908. The van der Waals surface area contributed by atoms with Crippen molar-refractivity contribution in [2.45, 2.75) is 13.0 Å². The normalized spacial score (nSPS) is 12.5. The maximum absolute atomic E-state index is 3.50. The molecule has 2 aromatic rings. The molecule has 0 radical (unpaired) electrons.